The fourth-order valence-electron chi connectivity index (χ4n) is 1.61. The number of aryl methyl sites for hydroxylation is 2. The summed E-state index contributed by atoms with van der Waals surface area (Å²) in [5.41, 5.74) is 0.682. The van der Waals surface area contributed by atoms with Gasteiger partial charge in [0, 0.05) is 0 Å². The number of nitrogens with one attached hydrogen (secondary N) is 1. The predicted octanol–water partition coefficient (Wildman–Crippen LogP) is 2.98. The number of amides is 1. The van der Waals surface area contributed by atoms with Crippen LogP contribution < -0.4 is 10.1 Å². The van der Waals surface area contributed by atoms with Crippen LogP contribution in [0.2, 0.25) is 0 Å². The van der Waals surface area contributed by atoms with Crippen LogP contribution in [0.3, 0.4) is 0 Å². The van der Waals surface area contributed by atoms with Gasteiger partial charge in [-0.05, 0) is 26.0 Å². The van der Waals surface area contributed by atoms with Crippen molar-refractivity contribution < 1.29 is 27.1 Å². The van der Waals surface area contributed by atoms with E-state index in [0.717, 1.165) is 12.1 Å². The molecule has 2 rings (SSSR count). The zero-order valence-electron chi connectivity index (χ0n) is 12.6. The molecular formula is C14H12F4N4O2. The van der Waals surface area contributed by atoms with E-state index >= 15 is 0 Å². The van der Waals surface area contributed by atoms with E-state index in [1.807, 2.05) is 0 Å². The second-order valence-electron chi connectivity index (χ2n) is 4.72. The normalized spacial score (nSPS) is 11.5. The lowest BCUT2D eigenvalue weighted by Gasteiger charge is -2.18. The molecule has 0 unspecified atom stereocenters. The third kappa shape index (κ3) is 3.94. The molecule has 0 radical (unpaired) electrons. The van der Waals surface area contributed by atoms with Crippen molar-refractivity contribution in [2.45, 2.75) is 26.4 Å². The Kier molecular flexibility index (Phi) is 4.96. The molecule has 0 saturated heterocycles. The summed E-state index contributed by atoms with van der Waals surface area (Å²) in [5.74, 6) is -1.75. The predicted molar refractivity (Wildman–Crippen MR) is 75.3 cm³/mol. The summed E-state index contributed by atoms with van der Waals surface area (Å²) in [4.78, 5) is 16.1. The molecule has 1 heterocycles. The molecule has 0 aliphatic carbocycles. The van der Waals surface area contributed by atoms with E-state index in [2.05, 4.69) is 25.2 Å². The number of alkyl halides is 4. The van der Waals surface area contributed by atoms with Crippen molar-refractivity contribution in [2.75, 3.05) is 5.32 Å². The SMILES string of the molecule is Cc1nnc(NC(=O)c2ccccc2OC(F)(F)C(F)F)nc1C. The van der Waals surface area contributed by atoms with Gasteiger partial charge in [-0.25, -0.2) is 4.98 Å². The molecule has 2 aromatic rings. The third-order valence-corrected chi connectivity index (χ3v) is 2.95. The maximum absolute atomic E-state index is 13.1. The number of carbonyl (C=O) groups excluding carboxylic acids is 1. The summed E-state index contributed by atoms with van der Waals surface area (Å²) in [5, 5.41) is 9.63. The summed E-state index contributed by atoms with van der Waals surface area (Å²) in [6.45, 7) is 3.30. The lowest BCUT2D eigenvalue weighted by Crippen LogP contribution is -2.34. The first-order chi connectivity index (χ1) is 11.2. The number of para-hydroxylation sites is 1. The van der Waals surface area contributed by atoms with Crippen LogP contribution >= 0.6 is 0 Å². The van der Waals surface area contributed by atoms with E-state index in [9.17, 15) is 22.4 Å². The quantitative estimate of drug-likeness (QED) is 0.844. The van der Waals surface area contributed by atoms with Crippen LogP contribution in [-0.4, -0.2) is 33.6 Å². The molecule has 10 heteroatoms. The largest absolute Gasteiger partial charge is 0.461 e. The van der Waals surface area contributed by atoms with E-state index in [1.54, 1.807) is 13.8 Å². The number of halogens is 4. The smallest absolute Gasteiger partial charge is 0.427 e. The van der Waals surface area contributed by atoms with Gasteiger partial charge in [0.2, 0.25) is 5.95 Å². The molecule has 1 aromatic carbocycles. The monoisotopic (exact) mass is 344 g/mol. The Morgan fingerprint density at radius 2 is 1.83 bits per heavy atom. The van der Waals surface area contributed by atoms with E-state index < -0.39 is 24.2 Å². The first-order valence-corrected chi connectivity index (χ1v) is 6.64. The Morgan fingerprint density at radius 3 is 2.46 bits per heavy atom. The molecule has 128 valence electrons. The van der Waals surface area contributed by atoms with Crippen molar-refractivity contribution in [2.24, 2.45) is 0 Å². The lowest BCUT2D eigenvalue weighted by atomic mass is 10.2. The number of nitrogens with zero attached hydrogens (tertiary/aromatic N) is 3. The molecule has 0 spiro atoms. The number of ether oxygens (including phenoxy) is 1. The molecular weight excluding hydrogens is 332 g/mol. The van der Waals surface area contributed by atoms with Crippen LogP contribution in [0.5, 0.6) is 5.75 Å². The summed E-state index contributed by atoms with van der Waals surface area (Å²) in [6, 6.07) is 4.74. The Bertz CT molecular complexity index is 755. The number of carbonyl (C=O) groups is 1. The van der Waals surface area contributed by atoms with Crippen LogP contribution in [0, 0.1) is 13.8 Å². The van der Waals surface area contributed by atoms with Crippen LogP contribution in [0.25, 0.3) is 0 Å². The maximum atomic E-state index is 13.1. The zero-order valence-corrected chi connectivity index (χ0v) is 12.6. The summed E-state index contributed by atoms with van der Waals surface area (Å²) < 4.78 is 54.6. The summed E-state index contributed by atoms with van der Waals surface area (Å²) in [7, 11) is 0. The van der Waals surface area contributed by atoms with E-state index in [1.165, 1.54) is 12.1 Å². The third-order valence-electron chi connectivity index (χ3n) is 2.95. The molecule has 1 aromatic heterocycles. The number of aromatic nitrogens is 3. The molecule has 0 saturated carbocycles. The van der Waals surface area contributed by atoms with E-state index in [-0.39, 0.29) is 11.5 Å². The highest BCUT2D eigenvalue weighted by molar-refractivity contribution is 6.05. The summed E-state index contributed by atoms with van der Waals surface area (Å²) >= 11 is 0. The molecule has 1 N–H and O–H groups in total. The van der Waals surface area contributed by atoms with Crippen molar-refractivity contribution in [3.05, 3.63) is 41.2 Å². The highest BCUT2D eigenvalue weighted by Crippen LogP contribution is 2.30. The topological polar surface area (TPSA) is 77.0 Å². The van der Waals surface area contributed by atoms with E-state index in [0.29, 0.717) is 11.4 Å². The minimum absolute atomic E-state index is 0.154. The Balaban J connectivity index is 2.25. The van der Waals surface area contributed by atoms with Crippen LogP contribution in [0.4, 0.5) is 23.5 Å². The molecule has 0 aliphatic rings. The highest BCUT2D eigenvalue weighted by Gasteiger charge is 2.44. The van der Waals surface area contributed by atoms with Gasteiger partial charge in [0.25, 0.3) is 5.91 Å². The Labute approximate surface area is 133 Å². The molecule has 0 bridgehead atoms. The maximum Gasteiger partial charge on any atom is 0.461 e. The second kappa shape index (κ2) is 6.77. The van der Waals surface area contributed by atoms with Gasteiger partial charge in [-0.15, -0.1) is 5.10 Å². The number of hydrogen-bond donors (Lipinski definition) is 1. The van der Waals surface area contributed by atoms with Gasteiger partial charge in [0.15, 0.2) is 0 Å². The highest BCUT2D eigenvalue weighted by atomic mass is 19.3. The van der Waals surface area contributed by atoms with Gasteiger partial charge >= 0.3 is 12.5 Å². The standard InChI is InChI=1S/C14H12F4N4O2/c1-7-8(2)21-22-13(19-7)20-11(23)9-5-3-4-6-10(9)24-14(17,18)12(15)16/h3-6,12H,1-2H3,(H,19,20,22,23). The van der Waals surface area contributed by atoms with Gasteiger partial charge in [-0.1, -0.05) is 12.1 Å². The average Bonchev–Trinajstić information content (AvgIpc) is 2.51. The molecule has 1 amide bonds. The molecule has 0 atom stereocenters. The van der Waals surface area contributed by atoms with Crippen molar-refractivity contribution in [3.8, 4) is 5.75 Å². The Morgan fingerprint density at radius 1 is 1.17 bits per heavy atom. The van der Waals surface area contributed by atoms with Crippen molar-refractivity contribution in [1.82, 2.24) is 15.2 Å². The van der Waals surface area contributed by atoms with E-state index in [4.69, 9.17) is 0 Å². The lowest BCUT2D eigenvalue weighted by molar-refractivity contribution is -0.253. The molecule has 6 nitrogen and oxygen atoms in total. The van der Waals surface area contributed by atoms with Crippen molar-refractivity contribution in [1.29, 1.82) is 0 Å². The van der Waals surface area contributed by atoms with Crippen molar-refractivity contribution >= 4 is 11.9 Å². The molecule has 0 aliphatic heterocycles. The zero-order chi connectivity index (χ0) is 17.9. The van der Waals surface area contributed by atoms with Crippen LogP contribution in [-0.2, 0) is 0 Å². The molecule has 0 fully saturated rings. The number of anilines is 1. The Hall–Kier alpha value is -2.78. The van der Waals surface area contributed by atoms with Gasteiger partial charge in [-0.3, -0.25) is 10.1 Å². The fraction of sp³-hybridized carbons (Fsp3) is 0.286. The second-order valence-corrected chi connectivity index (χ2v) is 4.72. The number of benzene rings is 1. The first-order valence-electron chi connectivity index (χ1n) is 6.64. The van der Waals surface area contributed by atoms with Gasteiger partial charge in [-0.2, -0.15) is 22.7 Å². The van der Waals surface area contributed by atoms with Crippen LogP contribution in [0.15, 0.2) is 24.3 Å². The molecule has 24 heavy (non-hydrogen) atoms. The van der Waals surface area contributed by atoms with Gasteiger partial charge in [0.05, 0.1) is 17.0 Å². The van der Waals surface area contributed by atoms with Crippen molar-refractivity contribution in [3.63, 3.8) is 0 Å². The van der Waals surface area contributed by atoms with Gasteiger partial charge in [0.1, 0.15) is 5.75 Å². The minimum Gasteiger partial charge on any atom is -0.427 e. The van der Waals surface area contributed by atoms with Crippen LogP contribution in [0.1, 0.15) is 21.7 Å². The average molecular weight is 344 g/mol. The first kappa shape index (κ1) is 17.6. The number of hydrogen-bond acceptors (Lipinski definition) is 5. The van der Waals surface area contributed by atoms with Gasteiger partial charge < -0.3 is 4.74 Å². The summed E-state index contributed by atoms with van der Waals surface area (Å²) in [6.07, 6.45) is -8.77. The fourth-order valence-corrected chi connectivity index (χ4v) is 1.61. The number of rotatable bonds is 5. The minimum atomic E-state index is -4.73.